The van der Waals surface area contributed by atoms with Gasteiger partial charge in [-0.1, -0.05) is 12.2 Å². The molecule has 1 rings (SSSR count). The maximum Gasteiger partial charge on any atom is 0.307 e. The molecule has 6 heteroatoms. The van der Waals surface area contributed by atoms with E-state index >= 15 is 0 Å². The highest BCUT2D eigenvalue weighted by molar-refractivity contribution is 7.80. The van der Waals surface area contributed by atoms with Crippen LogP contribution in [-0.2, 0) is 9.53 Å². The van der Waals surface area contributed by atoms with E-state index in [0.29, 0.717) is 24.6 Å². The van der Waals surface area contributed by atoms with Crippen molar-refractivity contribution in [1.29, 1.82) is 0 Å². The highest BCUT2D eigenvalue weighted by Gasteiger charge is 2.15. The van der Waals surface area contributed by atoms with Gasteiger partial charge in [0.2, 0.25) is 0 Å². The number of aromatic nitrogens is 1. The number of thiocarbonyl (C=S) groups is 1. The molecule has 0 unspecified atom stereocenters. The Kier molecular flexibility index (Phi) is 5.88. The predicted molar refractivity (Wildman–Crippen MR) is 84.1 cm³/mol. The van der Waals surface area contributed by atoms with Crippen molar-refractivity contribution in [1.82, 2.24) is 4.98 Å². The zero-order chi connectivity index (χ0) is 15.3. The fourth-order valence-corrected chi connectivity index (χ4v) is 2.28. The summed E-state index contributed by atoms with van der Waals surface area (Å²) in [6.07, 6.45) is 0.321. The Balaban J connectivity index is 2.94. The Labute approximate surface area is 125 Å². The summed E-state index contributed by atoms with van der Waals surface area (Å²) in [6.45, 7) is 6.52. The minimum Gasteiger partial charge on any atom is -0.466 e. The summed E-state index contributed by atoms with van der Waals surface area (Å²) in [7, 11) is 1.90. The Morgan fingerprint density at radius 3 is 2.70 bits per heavy atom. The zero-order valence-corrected chi connectivity index (χ0v) is 13.2. The molecule has 20 heavy (non-hydrogen) atoms. The number of hydrogen-bond donors (Lipinski definition) is 1. The second kappa shape index (κ2) is 7.19. The number of anilines is 1. The van der Waals surface area contributed by atoms with Gasteiger partial charge in [0, 0.05) is 25.0 Å². The van der Waals surface area contributed by atoms with Gasteiger partial charge in [0.1, 0.15) is 4.99 Å². The molecule has 0 saturated heterocycles. The first-order valence-electron chi connectivity index (χ1n) is 6.51. The van der Waals surface area contributed by atoms with Gasteiger partial charge in [-0.05, 0) is 26.8 Å². The number of carbonyl (C=O) groups excluding carboxylic acids is 1. The number of aryl methyl sites for hydroxylation is 2. The van der Waals surface area contributed by atoms with Gasteiger partial charge in [-0.25, -0.2) is 0 Å². The molecule has 0 aliphatic carbocycles. The van der Waals surface area contributed by atoms with Crippen molar-refractivity contribution in [3.63, 3.8) is 0 Å². The lowest BCUT2D eigenvalue weighted by atomic mass is 10.1. The molecule has 0 aliphatic rings. The molecular weight excluding hydrogens is 274 g/mol. The van der Waals surface area contributed by atoms with E-state index in [-0.39, 0.29) is 5.97 Å². The molecular formula is C14H21N3O2S. The van der Waals surface area contributed by atoms with Crippen molar-refractivity contribution in [2.75, 3.05) is 25.1 Å². The van der Waals surface area contributed by atoms with Crippen LogP contribution < -0.4 is 10.6 Å². The quantitative estimate of drug-likeness (QED) is 0.636. The predicted octanol–water partition coefficient (Wildman–Crippen LogP) is 1.72. The number of pyridine rings is 1. The zero-order valence-electron chi connectivity index (χ0n) is 12.4. The van der Waals surface area contributed by atoms with Crippen molar-refractivity contribution in [2.24, 2.45) is 5.73 Å². The minimum absolute atomic E-state index is 0.210. The van der Waals surface area contributed by atoms with Crippen molar-refractivity contribution < 1.29 is 9.53 Å². The number of ether oxygens (including phenoxy) is 1. The van der Waals surface area contributed by atoms with Crippen LogP contribution in [0.4, 0.5) is 5.69 Å². The average molecular weight is 295 g/mol. The first-order valence-corrected chi connectivity index (χ1v) is 6.92. The van der Waals surface area contributed by atoms with Crippen molar-refractivity contribution in [2.45, 2.75) is 27.2 Å². The van der Waals surface area contributed by atoms with E-state index in [4.69, 9.17) is 22.7 Å². The Bertz CT molecular complexity index is 517. The third-order valence-electron chi connectivity index (χ3n) is 2.92. The Morgan fingerprint density at radius 2 is 2.15 bits per heavy atom. The second-order valence-corrected chi connectivity index (χ2v) is 5.02. The van der Waals surface area contributed by atoms with Crippen LogP contribution in [0, 0.1) is 13.8 Å². The Morgan fingerprint density at radius 1 is 1.50 bits per heavy atom. The highest BCUT2D eigenvalue weighted by atomic mass is 32.1. The normalized spacial score (nSPS) is 10.2. The van der Waals surface area contributed by atoms with E-state index < -0.39 is 0 Å². The monoisotopic (exact) mass is 295 g/mol. The van der Waals surface area contributed by atoms with Gasteiger partial charge in [-0.3, -0.25) is 9.78 Å². The maximum atomic E-state index is 11.4. The fraction of sp³-hybridized carbons (Fsp3) is 0.500. The third-order valence-corrected chi connectivity index (χ3v) is 3.13. The second-order valence-electron chi connectivity index (χ2n) is 4.58. The van der Waals surface area contributed by atoms with Gasteiger partial charge in [0.05, 0.1) is 24.3 Å². The first kappa shape index (κ1) is 16.4. The van der Waals surface area contributed by atoms with Crippen LogP contribution in [0.1, 0.15) is 30.3 Å². The molecule has 5 nitrogen and oxygen atoms in total. The SMILES string of the molecule is CCOC(=O)CCN(C)c1cc(C)nc(C)c1C(N)=S. The molecule has 1 aromatic heterocycles. The lowest BCUT2D eigenvalue weighted by Crippen LogP contribution is -2.26. The average Bonchev–Trinajstić information content (AvgIpc) is 2.34. The molecule has 110 valence electrons. The summed E-state index contributed by atoms with van der Waals surface area (Å²) in [5.41, 5.74) is 9.13. The molecule has 0 spiro atoms. The van der Waals surface area contributed by atoms with E-state index in [9.17, 15) is 4.79 Å². The molecule has 0 radical (unpaired) electrons. The molecule has 0 amide bonds. The number of nitrogens with two attached hydrogens (primary N) is 1. The molecule has 0 saturated carbocycles. The van der Waals surface area contributed by atoms with Crippen LogP contribution >= 0.6 is 12.2 Å². The first-order chi connectivity index (χ1) is 9.36. The third kappa shape index (κ3) is 4.16. The maximum absolute atomic E-state index is 11.4. The molecule has 0 bridgehead atoms. The number of rotatable bonds is 6. The van der Waals surface area contributed by atoms with Gasteiger partial charge in [-0.2, -0.15) is 0 Å². The van der Waals surface area contributed by atoms with Crippen molar-refractivity contribution in [3.05, 3.63) is 23.0 Å². The summed E-state index contributed by atoms with van der Waals surface area (Å²) in [5.74, 6) is -0.210. The summed E-state index contributed by atoms with van der Waals surface area (Å²) in [5, 5.41) is 0. The van der Waals surface area contributed by atoms with Gasteiger partial charge < -0.3 is 15.4 Å². The van der Waals surface area contributed by atoms with E-state index in [1.807, 2.05) is 31.9 Å². The van der Waals surface area contributed by atoms with Crippen LogP contribution in [0.2, 0.25) is 0 Å². The fourth-order valence-electron chi connectivity index (χ4n) is 2.03. The van der Waals surface area contributed by atoms with Gasteiger partial charge in [-0.15, -0.1) is 0 Å². The number of esters is 1. The van der Waals surface area contributed by atoms with Crippen LogP contribution in [0.5, 0.6) is 0 Å². The van der Waals surface area contributed by atoms with Crippen LogP contribution in [0.3, 0.4) is 0 Å². The summed E-state index contributed by atoms with van der Waals surface area (Å²) in [4.78, 5) is 18.1. The number of carbonyl (C=O) groups is 1. The van der Waals surface area contributed by atoms with Gasteiger partial charge in [0.15, 0.2) is 0 Å². The van der Waals surface area contributed by atoms with E-state index in [1.165, 1.54) is 0 Å². The van der Waals surface area contributed by atoms with Gasteiger partial charge in [0.25, 0.3) is 0 Å². The van der Waals surface area contributed by atoms with Crippen LogP contribution in [0.15, 0.2) is 6.07 Å². The van der Waals surface area contributed by atoms with E-state index in [2.05, 4.69) is 4.98 Å². The largest absolute Gasteiger partial charge is 0.466 e. The molecule has 0 aliphatic heterocycles. The smallest absolute Gasteiger partial charge is 0.307 e. The topological polar surface area (TPSA) is 68.5 Å². The lowest BCUT2D eigenvalue weighted by Gasteiger charge is -2.23. The summed E-state index contributed by atoms with van der Waals surface area (Å²) < 4.78 is 4.92. The molecule has 0 aromatic carbocycles. The lowest BCUT2D eigenvalue weighted by molar-refractivity contribution is -0.142. The van der Waals surface area contributed by atoms with Gasteiger partial charge >= 0.3 is 5.97 Å². The highest BCUT2D eigenvalue weighted by Crippen LogP contribution is 2.23. The Hall–Kier alpha value is -1.69. The van der Waals surface area contributed by atoms with E-state index in [1.54, 1.807) is 6.92 Å². The van der Waals surface area contributed by atoms with Crippen molar-refractivity contribution in [3.8, 4) is 0 Å². The minimum atomic E-state index is -0.210. The summed E-state index contributed by atoms with van der Waals surface area (Å²) in [6, 6.07) is 1.92. The molecule has 0 fully saturated rings. The molecule has 2 N–H and O–H groups in total. The van der Waals surface area contributed by atoms with E-state index in [0.717, 1.165) is 22.6 Å². The van der Waals surface area contributed by atoms with Crippen LogP contribution in [0.25, 0.3) is 0 Å². The number of hydrogen-bond acceptors (Lipinski definition) is 5. The molecule has 0 atom stereocenters. The number of nitrogens with zero attached hydrogens (tertiary/aromatic N) is 2. The van der Waals surface area contributed by atoms with Crippen LogP contribution in [-0.4, -0.2) is 36.1 Å². The molecule has 1 heterocycles. The standard InChI is InChI=1S/C14H21N3O2S/c1-5-19-12(18)6-7-17(4)11-8-9(2)16-10(3)13(11)14(15)20/h8H,5-7H2,1-4H3,(H2,15,20). The molecule has 1 aromatic rings. The van der Waals surface area contributed by atoms with Crippen molar-refractivity contribution >= 4 is 28.9 Å². The summed E-state index contributed by atoms with van der Waals surface area (Å²) >= 11 is 5.10.